The van der Waals surface area contributed by atoms with Crippen molar-refractivity contribution in [3.05, 3.63) is 22.2 Å². The summed E-state index contributed by atoms with van der Waals surface area (Å²) >= 11 is 3.32. The van der Waals surface area contributed by atoms with Crippen molar-refractivity contribution in [2.45, 2.75) is 12.5 Å². The van der Waals surface area contributed by atoms with Crippen molar-refractivity contribution in [2.24, 2.45) is 0 Å². The van der Waals surface area contributed by atoms with Crippen molar-refractivity contribution in [1.82, 2.24) is 10.4 Å². The molecule has 114 valence electrons. The standard InChI is InChI=1S/C13H15BrN2O5/c1-20-10-6-7(5-8(14)11(10)21-2)13(18)16-4-3-9(16)12(17)15-19/h5-6,9,19H,3-4H2,1-2H3,(H,15,17). The maximum absolute atomic E-state index is 12.4. The van der Waals surface area contributed by atoms with Crippen LogP contribution in [0.2, 0.25) is 0 Å². The van der Waals surface area contributed by atoms with E-state index in [1.165, 1.54) is 19.1 Å². The van der Waals surface area contributed by atoms with Crippen LogP contribution >= 0.6 is 15.9 Å². The SMILES string of the molecule is COc1cc(C(=O)N2CCC2C(=O)NO)cc(Br)c1OC. The van der Waals surface area contributed by atoms with E-state index in [0.717, 1.165) is 0 Å². The minimum absolute atomic E-state index is 0.309. The van der Waals surface area contributed by atoms with Gasteiger partial charge >= 0.3 is 0 Å². The third-order valence-corrected chi connectivity index (χ3v) is 3.96. The Kier molecular flexibility index (Phi) is 4.69. The van der Waals surface area contributed by atoms with E-state index in [4.69, 9.17) is 14.7 Å². The van der Waals surface area contributed by atoms with Crippen LogP contribution in [-0.4, -0.2) is 48.7 Å². The zero-order valence-electron chi connectivity index (χ0n) is 11.6. The summed E-state index contributed by atoms with van der Waals surface area (Å²) in [7, 11) is 2.98. The molecule has 0 aliphatic carbocycles. The average molecular weight is 359 g/mol. The molecule has 1 aromatic carbocycles. The molecule has 1 saturated heterocycles. The van der Waals surface area contributed by atoms with E-state index >= 15 is 0 Å². The summed E-state index contributed by atoms with van der Waals surface area (Å²) in [5.74, 6) is 0.00636. The first-order chi connectivity index (χ1) is 10.0. The van der Waals surface area contributed by atoms with Gasteiger partial charge in [0.25, 0.3) is 11.8 Å². The minimum Gasteiger partial charge on any atom is -0.493 e. The minimum atomic E-state index is -0.644. The Bertz CT molecular complexity index is 578. The van der Waals surface area contributed by atoms with Gasteiger partial charge in [0.1, 0.15) is 6.04 Å². The van der Waals surface area contributed by atoms with Crippen LogP contribution in [0.25, 0.3) is 0 Å². The molecule has 0 radical (unpaired) electrons. The normalized spacial score (nSPS) is 17.0. The number of hydrogen-bond donors (Lipinski definition) is 2. The van der Waals surface area contributed by atoms with Gasteiger partial charge in [-0.15, -0.1) is 0 Å². The molecule has 0 saturated carbocycles. The van der Waals surface area contributed by atoms with Gasteiger partial charge in [0.2, 0.25) is 0 Å². The van der Waals surface area contributed by atoms with Gasteiger partial charge in [0.05, 0.1) is 18.7 Å². The van der Waals surface area contributed by atoms with Gasteiger partial charge < -0.3 is 14.4 Å². The van der Waals surface area contributed by atoms with Gasteiger partial charge in [-0.1, -0.05) is 0 Å². The Morgan fingerprint density at radius 3 is 2.57 bits per heavy atom. The predicted molar refractivity (Wildman–Crippen MR) is 76.6 cm³/mol. The summed E-state index contributed by atoms with van der Waals surface area (Å²) in [4.78, 5) is 25.2. The molecular weight excluding hydrogens is 344 g/mol. The molecule has 1 aliphatic rings. The van der Waals surface area contributed by atoms with E-state index in [9.17, 15) is 9.59 Å². The molecule has 1 atom stereocenters. The van der Waals surface area contributed by atoms with Gasteiger partial charge in [-0.3, -0.25) is 14.8 Å². The van der Waals surface area contributed by atoms with E-state index in [0.29, 0.717) is 34.5 Å². The summed E-state index contributed by atoms with van der Waals surface area (Å²) in [5, 5.41) is 8.65. The van der Waals surface area contributed by atoms with Gasteiger partial charge in [0.15, 0.2) is 11.5 Å². The second-order valence-electron chi connectivity index (χ2n) is 4.47. The van der Waals surface area contributed by atoms with Crippen LogP contribution in [0.1, 0.15) is 16.8 Å². The molecule has 1 aromatic rings. The molecule has 1 fully saturated rings. The fourth-order valence-corrected chi connectivity index (χ4v) is 2.79. The Balaban J connectivity index is 2.28. The van der Waals surface area contributed by atoms with Crippen molar-refractivity contribution in [1.29, 1.82) is 0 Å². The summed E-state index contributed by atoms with van der Waals surface area (Å²) in [6.07, 6.45) is 0.520. The highest BCUT2D eigenvalue weighted by Gasteiger charge is 2.38. The number of halogens is 1. The number of nitrogens with one attached hydrogen (secondary N) is 1. The van der Waals surface area contributed by atoms with E-state index < -0.39 is 11.9 Å². The Morgan fingerprint density at radius 1 is 1.38 bits per heavy atom. The van der Waals surface area contributed by atoms with Crippen LogP contribution in [0.4, 0.5) is 0 Å². The number of hydroxylamine groups is 1. The number of likely N-dealkylation sites (tertiary alicyclic amines) is 1. The lowest BCUT2D eigenvalue weighted by atomic mass is 10.0. The molecule has 0 spiro atoms. The van der Waals surface area contributed by atoms with Gasteiger partial charge in [-0.25, -0.2) is 5.48 Å². The molecule has 2 rings (SSSR count). The van der Waals surface area contributed by atoms with E-state index in [-0.39, 0.29) is 5.91 Å². The number of rotatable bonds is 4. The maximum Gasteiger partial charge on any atom is 0.266 e. The highest BCUT2D eigenvalue weighted by atomic mass is 79.9. The number of carbonyl (C=O) groups excluding carboxylic acids is 2. The second kappa shape index (κ2) is 6.31. The van der Waals surface area contributed by atoms with E-state index in [1.807, 2.05) is 0 Å². The molecule has 8 heteroatoms. The lowest BCUT2D eigenvalue weighted by molar-refractivity contribution is -0.137. The molecule has 21 heavy (non-hydrogen) atoms. The lowest BCUT2D eigenvalue weighted by Gasteiger charge is -2.39. The number of hydrogen-bond acceptors (Lipinski definition) is 5. The van der Waals surface area contributed by atoms with Crippen LogP contribution in [-0.2, 0) is 4.79 Å². The van der Waals surface area contributed by atoms with Crippen LogP contribution in [0.5, 0.6) is 11.5 Å². The molecule has 0 aromatic heterocycles. The van der Waals surface area contributed by atoms with Gasteiger partial charge in [-0.05, 0) is 34.5 Å². The highest BCUT2D eigenvalue weighted by Crippen LogP contribution is 2.37. The van der Waals surface area contributed by atoms with Crippen LogP contribution in [0.3, 0.4) is 0 Å². The molecule has 1 aliphatic heterocycles. The number of benzene rings is 1. The molecular formula is C13H15BrN2O5. The summed E-state index contributed by atoms with van der Waals surface area (Å²) in [6.45, 7) is 0.461. The number of nitrogens with zero attached hydrogens (tertiary/aromatic N) is 1. The average Bonchev–Trinajstić information content (AvgIpc) is 2.44. The Morgan fingerprint density at radius 2 is 2.10 bits per heavy atom. The predicted octanol–water partition coefficient (Wildman–Crippen LogP) is 1.19. The van der Waals surface area contributed by atoms with Crippen LogP contribution < -0.4 is 15.0 Å². The first-order valence-electron chi connectivity index (χ1n) is 6.20. The number of carbonyl (C=O) groups is 2. The van der Waals surface area contributed by atoms with E-state index in [1.54, 1.807) is 17.6 Å². The molecule has 7 nitrogen and oxygen atoms in total. The maximum atomic E-state index is 12.4. The molecule has 1 unspecified atom stereocenters. The lowest BCUT2D eigenvalue weighted by Crippen LogP contribution is -2.57. The van der Waals surface area contributed by atoms with Crippen molar-refractivity contribution in [2.75, 3.05) is 20.8 Å². The number of methoxy groups -OCH3 is 2. The molecule has 2 amide bonds. The van der Waals surface area contributed by atoms with Crippen LogP contribution in [0, 0.1) is 0 Å². The number of ether oxygens (including phenoxy) is 2. The van der Waals surface area contributed by atoms with Crippen molar-refractivity contribution in [3.63, 3.8) is 0 Å². The topological polar surface area (TPSA) is 88.1 Å². The zero-order chi connectivity index (χ0) is 15.6. The smallest absolute Gasteiger partial charge is 0.266 e. The third kappa shape index (κ3) is 2.81. The zero-order valence-corrected chi connectivity index (χ0v) is 13.1. The summed E-state index contributed by atoms with van der Waals surface area (Å²) < 4.78 is 11.0. The Hall–Kier alpha value is -1.80. The fourth-order valence-electron chi connectivity index (χ4n) is 2.18. The summed E-state index contributed by atoms with van der Waals surface area (Å²) in [6, 6.07) is 2.52. The first-order valence-corrected chi connectivity index (χ1v) is 6.99. The Labute approximate surface area is 129 Å². The fraction of sp³-hybridized carbons (Fsp3) is 0.385. The molecule has 2 N–H and O–H groups in total. The first kappa shape index (κ1) is 15.6. The van der Waals surface area contributed by atoms with Crippen molar-refractivity contribution in [3.8, 4) is 11.5 Å². The second-order valence-corrected chi connectivity index (χ2v) is 5.33. The van der Waals surface area contributed by atoms with E-state index in [2.05, 4.69) is 15.9 Å². The molecule has 1 heterocycles. The molecule has 0 bridgehead atoms. The highest BCUT2D eigenvalue weighted by molar-refractivity contribution is 9.10. The van der Waals surface area contributed by atoms with Crippen molar-refractivity contribution >= 4 is 27.7 Å². The third-order valence-electron chi connectivity index (χ3n) is 3.37. The van der Waals surface area contributed by atoms with Crippen molar-refractivity contribution < 1.29 is 24.3 Å². The van der Waals surface area contributed by atoms with Gasteiger partial charge in [0, 0.05) is 12.1 Å². The summed E-state index contributed by atoms with van der Waals surface area (Å²) in [5.41, 5.74) is 1.94. The number of amides is 2. The quantitative estimate of drug-likeness (QED) is 0.623. The largest absolute Gasteiger partial charge is 0.493 e. The monoisotopic (exact) mass is 358 g/mol. The van der Waals surface area contributed by atoms with Crippen LogP contribution in [0.15, 0.2) is 16.6 Å². The van der Waals surface area contributed by atoms with Gasteiger partial charge in [-0.2, -0.15) is 0 Å².